The van der Waals surface area contributed by atoms with E-state index in [2.05, 4.69) is 12.1 Å². The summed E-state index contributed by atoms with van der Waals surface area (Å²) in [7, 11) is 1.61. The monoisotopic (exact) mass is 305 g/mol. The van der Waals surface area contributed by atoms with Crippen LogP contribution < -0.4 is 0 Å². The number of esters is 1. The molecule has 2 unspecified atom stereocenters. The third-order valence-electron chi connectivity index (χ3n) is 3.95. The molecule has 120 valence electrons. The molecule has 1 aromatic rings. The number of carbonyl (C=O) groups is 2. The number of hydrogen-bond acceptors (Lipinski definition) is 4. The fraction of sp³-hybridized carbons (Fsp3) is 0.529. The number of ether oxygens (including phenoxy) is 2. The minimum absolute atomic E-state index is 0.120. The number of nitrogens with zero attached hydrogens (tertiary/aromatic N) is 1. The zero-order valence-corrected chi connectivity index (χ0v) is 13.2. The van der Waals surface area contributed by atoms with Crippen molar-refractivity contribution in [3.63, 3.8) is 0 Å². The number of benzene rings is 1. The molecule has 0 saturated carbocycles. The fourth-order valence-corrected chi connectivity index (χ4v) is 2.84. The van der Waals surface area contributed by atoms with Crippen LogP contribution in [0.25, 0.3) is 0 Å². The second-order valence-electron chi connectivity index (χ2n) is 5.56. The second kappa shape index (κ2) is 7.94. The van der Waals surface area contributed by atoms with Gasteiger partial charge in [-0.2, -0.15) is 0 Å². The number of likely N-dealkylation sites (tertiary alicyclic amines) is 1. The SMILES string of the molecule is COCCN1CC(c2ccccc2)CCC(OC(C)=O)C1=O. The molecular weight excluding hydrogens is 282 g/mol. The molecule has 0 spiro atoms. The van der Waals surface area contributed by atoms with Crippen LogP contribution in [0.15, 0.2) is 30.3 Å². The number of carbonyl (C=O) groups excluding carboxylic acids is 2. The standard InChI is InChI=1S/C17H23NO4/c1-13(19)22-16-9-8-15(14-6-4-3-5-7-14)12-18(17(16)20)10-11-21-2/h3-7,15-16H,8-12H2,1-2H3. The quantitative estimate of drug-likeness (QED) is 0.781. The maximum atomic E-state index is 12.6. The van der Waals surface area contributed by atoms with E-state index in [0.29, 0.717) is 26.1 Å². The van der Waals surface area contributed by atoms with Gasteiger partial charge in [-0.15, -0.1) is 0 Å². The van der Waals surface area contributed by atoms with E-state index < -0.39 is 12.1 Å². The molecular formula is C17H23NO4. The molecule has 5 heteroatoms. The Morgan fingerprint density at radius 1 is 1.27 bits per heavy atom. The minimum Gasteiger partial charge on any atom is -0.452 e. The molecule has 0 radical (unpaired) electrons. The fourth-order valence-electron chi connectivity index (χ4n) is 2.84. The van der Waals surface area contributed by atoms with Gasteiger partial charge in [-0.05, 0) is 18.4 Å². The maximum Gasteiger partial charge on any atom is 0.303 e. The molecule has 1 saturated heterocycles. The Kier molecular flexibility index (Phi) is 5.95. The molecule has 1 heterocycles. The molecule has 1 amide bonds. The molecule has 0 bridgehead atoms. The molecule has 5 nitrogen and oxygen atoms in total. The van der Waals surface area contributed by atoms with Crippen molar-refractivity contribution in [2.24, 2.45) is 0 Å². The van der Waals surface area contributed by atoms with Crippen molar-refractivity contribution in [1.82, 2.24) is 4.90 Å². The van der Waals surface area contributed by atoms with E-state index >= 15 is 0 Å². The van der Waals surface area contributed by atoms with E-state index in [-0.39, 0.29) is 11.8 Å². The van der Waals surface area contributed by atoms with Gasteiger partial charge in [0, 0.05) is 33.0 Å². The maximum absolute atomic E-state index is 12.6. The summed E-state index contributed by atoms with van der Waals surface area (Å²) in [6, 6.07) is 10.2. The van der Waals surface area contributed by atoms with Crippen LogP contribution in [0.4, 0.5) is 0 Å². The van der Waals surface area contributed by atoms with Gasteiger partial charge in [0.15, 0.2) is 6.10 Å². The summed E-state index contributed by atoms with van der Waals surface area (Å²) in [5.74, 6) is -0.281. The predicted molar refractivity (Wildman–Crippen MR) is 82.4 cm³/mol. The first-order valence-corrected chi connectivity index (χ1v) is 7.61. The predicted octanol–water partition coefficient (Wildman–Crippen LogP) is 1.97. The third kappa shape index (κ3) is 4.31. The minimum atomic E-state index is -0.678. The molecule has 1 aliphatic rings. The Labute approximate surface area is 131 Å². The number of methoxy groups -OCH3 is 1. The summed E-state index contributed by atoms with van der Waals surface area (Å²) >= 11 is 0. The van der Waals surface area contributed by atoms with Gasteiger partial charge in [-0.25, -0.2) is 0 Å². The van der Waals surface area contributed by atoms with E-state index in [4.69, 9.17) is 9.47 Å². The summed E-state index contributed by atoms with van der Waals surface area (Å²) in [4.78, 5) is 25.5. The third-order valence-corrected chi connectivity index (χ3v) is 3.95. The smallest absolute Gasteiger partial charge is 0.303 e. The Morgan fingerprint density at radius 3 is 2.64 bits per heavy atom. The van der Waals surface area contributed by atoms with E-state index in [1.54, 1.807) is 12.0 Å². The summed E-state index contributed by atoms with van der Waals surface area (Å²) < 4.78 is 10.3. The highest BCUT2D eigenvalue weighted by atomic mass is 16.5. The number of rotatable bonds is 5. The van der Waals surface area contributed by atoms with E-state index in [1.165, 1.54) is 12.5 Å². The molecule has 1 fully saturated rings. The van der Waals surface area contributed by atoms with Gasteiger partial charge in [-0.3, -0.25) is 9.59 Å². The lowest BCUT2D eigenvalue weighted by Gasteiger charge is -2.26. The topological polar surface area (TPSA) is 55.8 Å². The van der Waals surface area contributed by atoms with E-state index in [9.17, 15) is 9.59 Å². The first-order valence-electron chi connectivity index (χ1n) is 7.61. The molecule has 1 aromatic carbocycles. The van der Waals surface area contributed by atoms with Crippen molar-refractivity contribution < 1.29 is 19.1 Å². The van der Waals surface area contributed by atoms with Gasteiger partial charge >= 0.3 is 5.97 Å². The Bertz CT molecular complexity index is 503. The summed E-state index contributed by atoms with van der Waals surface area (Å²) in [6.45, 7) is 2.95. The van der Waals surface area contributed by atoms with Crippen molar-refractivity contribution in [2.75, 3.05) is 26.8 Å². The highest BCUT2D eigenvalue weighted by Crippen LogP contribution is 2.28. The van der Waals surface area contributed by atoms with Crippen molar-refractivity contribution in [3.05, 3.63) is 35.9 Å². The first-order chi connectivity index (χ1) is 10.6. The van der Waals surface area contributed by atoms with Crippen molar-refractivity contribution >= 4 is 11.9 Å². The van der Waals surface area contributed by atoms with Crippen molar-refractivity contribution in [2.45, 2.75) is 31.8 Å². The van der Waals surface area contributed by atoms with Crippen molar-refractivity contribution in [3.8, 4) is 0 Å². The lowest BCUT2D eigenvalue weighted by molar-refractivity contribution is -0.158. The van der Waals surface area contributed by atoms with Gasteiger partial charge in [0.1, 0.15) is 0 Å². The van der Waals surface area contributed by atoms with Gasteiger partial charge in [-0.1, -0.05) is 30.3 Å². The summed E-state index contributed by atoms with van der Waals surface area (Å²) in [5, 5.41) is 0. The molecule has 1 aliphatic heterocycles. The molecule has 22 heavy (non-hydrogen) atoms. The van der Waals surface area contributed by atoms with E-state index in [1.807, 2.05) is 18.2 Å². The van der Waals surface area contributed by atoms with Crippen LogP contribution >= 0.6 is 0 Å². The van der Waals surface area contributed by atoms with Gasteiger partial charge in [0.2, 0.25) is 0 Å². The molecule has 0 N–H and O–H groups in total. The highest BCUT2D eigenvalue weighted by molar-refractivity contribution is 5.83. The number of hydrogen-bond donors (Lipinski definition) is 0. The zero-order chi connectivity index (χ0) is 15.9. The molecule has 0 aromatic heterocycles. The highest BCUT2D eigenvalue weighted by Gasteiger charge is 2.33. The molecule has 2 atom stereocenters. The van der Waals surface area contributed by atoms with Crippen LogP contribution in [-0.4, -0.2) is 49.7 Å². The molecule has 2 rings (SSSR count). The zero-order valence-electron chi connectivity index (χ0n) is 13.2. The summed E-state index contributed by atoms with van der Waals surface area (Å²) in [5.41, 5.74) is 1.21. The van der Waals surface area contributed by atoms with Crippen LogP contribution in [-0.2, 0) is 19.1 Å². The molecule has 0 aliphatic carbocycles. The van der Waals surface area contributed by atoms with Gasteiger partial charge < -0.3 is 14.4 Å². The lowest BCUT2D eigenvalue weighted by Crippen LogP contribution is -2.42. The Balaban J connectivity index is 2.16. The average Bonchev–Trinajstić information content (AvgIpc) is 2.66. The Morgan fingerprint density at radius 2 is 2.00 bits per heavy atom. The second-order valence-corrected chi connectivity index (χ2v) is 5.56. The van der Waals surface area contributed by atoms with Gasteiger partial charge in [0.25, 0.3) is 5.91 Å². The normalized spacial score (nSPS) is 22.3. The number of amides is 1. The summed E-state index contributed by atoms with van der Waals surface area (Å²) in [6.07, 6.45) is 0.696. The van der Waals surface area contributed by atoms with Crippen molar-refractivity contribution in [1.29, 1.82) is 0 Å². The van der Waals surface area contributed by atoms with Gasteiger partial charge in [0.05, 0.1) is 6.61 Å². The largest absolute Gasteiger partial charge is 0.452 e. The van der Waals surface area contributed by atoms with E-state index in [0.717, 1.165) is 6.42 Å². The van der Waals surface area contributed by atoms with Crippen LogP contribution in [0, 0.1) is 0 Å². The Hall–Kier alpha value is -1.88. The average molecular weight is 305 g/mol. The van der Waals surface area contributed by atoms with Crippen LogP contribution in [0.2, 0.25) is 0 Å². The van der Waals surface area contributed by atoms with Crippen LogP contribution in [0.3, 0.4) is 0 Å². The lowest BCUT2D eigenvalue weighted by atomic mass is 9.94. The first kappa shape index (κ1) is 16.5. The van der Waals surface area contributed by atoms with Crippen LogP contribution in [0.1, 0.15) is 31.2 Å². The van der Waals surface area contributed by atoms with Crippen LogP contribution in [0.5, 0.6) is 0 Å².